The second kappa shape index (κ2) is 5.75. The average Bonchev–Trinajstić information content (AvgIpc) is 3.12. The summed E-state index contributed by atoms with van der Waals surface area (Å²) in [6, 6.07) is 5.46. The maximum Gasteiger partial charge on any atom is 0.231 e. The van der Waals surface area contributed by atoms with E-state index in [-0.39, 0.29) is 12.3 Å². The Morgan fingerprint density at radius 2 is 2.17 bits per heavy atom. The summed E-state index contributed by atoms with van der Waals surface area (Å²) >= 11 is 7.70. The van der Waals surface area contributed by atoms with Gasteiger partial charge in [0.25, 0.3) is 0 Å². The molecule has 1 N–H and O–H groups in total. The summed E-state index contributed by atoms with van der Waals surface area (Å²) in [7, 11) is 0. The molecule has 0 saturated heterocycles. The van der Waals surface area contributed by atoms with Crippen LogP contribution in [0.1, 0.15) is 12.0 Å². The van der Waals surface area contributed by atoms with Gasteiger partial charge in [-0.1, -0.05) is 11.6 Å². The first-order valence-electron chi connectivity index (χ1n) is 7.36. The number of carbonyl (C=O) groups excluding carboxylic acids is 1. The lowest BCUT2D eigenvalue weighted by molar-refractivity contribution is -0.117. The molecular weight excluding hydrogens is 351 g/mol. The maximum absolute atomic E-state index is 13.0. The van der Waals surface area contributed by atoms with Gasteiger partial charge >= 0.3 is 0 Å². The van der Waals surface area contributed by atoms with Crippen LogP contribution < -0.4 is 5.32 Å². The third kappa shape index (κ3) is 2.74. The number of amides is 1. The van der Waals surface area contributed by atoms with Crippen LogP contribution in [0.3, 0.4) is 0 Å². The first-order valence-corrected chi connectivity index (χ1v) is 8.51. The summed E-state index contributed by atoms with van der Waals surface area (Å²) in [6.45, 7) is 1.98. The van der Waals surface area contributed by atoms with Gasteiger partial charge in [-0.2, -0.15) is 0 Å². The number of alkyl halides is 1. The zero-order chi connectivity index (χ0) is 16.8. The van der Waals surface area contributed by atoms with Gasteiger partial charge in [0.1, 0.15) is 11.7 Å². The van der Waals surface area contributed by atoms with Crippen molar-refractivity contribution < 1.29 is 9.18 Å². The fraction of sp³-hybridized carbons (Fsp3) is 0.250. The van der Waals surface area contributed by atoms with Gasteiger partial charge in [-0.3, -0.25) is 4.79 Å². The second-order valence-electron chi connectivity index (χ2n) is 5.81. The van der Waals surface area contributed by atoms with Crippen LogP contribution in [0.4, 0.5) is 10.2 Å². The van der Waals surface area contributed by atoms with E-state index in [1.165, 1.54) is 11.5 Å². The molecule has 24 heavy (non-hydrogen) atoms. The fourth-order valence-corrected chi connectivity index (χ4v) is 3.53. The molecule has 1 aliphatic rings. The first-order chi connectivity index (χ1) is 11.5. The van der Waals surface area contributed by atoms with Crippen LogP contribution in [-0.4, -0.2) is 26.6 Å². The van der Waals surface area contributed by atoms with Crippen molar-refractivity contribution in [3.05, 3.63) is 35.0 Å². The van der Waals surface area contributed by atoms with Gasteiger partial charge < -0.3 is 5.32 Å². The number of nitrogens with one attached hydrogen (secondary N) is 1. The van der Waals surface area contributed by atoms with E-state index >= 15 is 0 Å². The molecule has 0 aliphatic heterocycles. The molecule has 2 atom stereocenters. The standard InChI is InChI=1S/C16H12ClFN4OS/c1-7-6-19-24-15(7)9-2-8-4-13(20-16(23)10-5-12(10)18)21-22-14(8)11(17)3-9/h2-4,6,10,12H,5H2,1H3,(H,20,21,23). The number of halogens is 2. The van der Waals surface area contributed by atoms with Gasteiger partial charge in [-0.05, 0) is 54.2 Å². The van der Waals surface area contributed by atoms with Gasteiger partial charge in [-0.25, -0.2) is 8.76 Å². The molecule has 3 aromatic rings. The van der Waals surface area contributed by atoms with Crippen LogP contribution >= 0.6 is 23.1 Å². The van der Waals surface area contributed by atoms with Crippen LogP contribution in [0.25, 0.3) is 21.3 Å². The summed E-state index contributed by atoms with van der Waals surface area (Å²) in [6.07, 6.45) is 1.03. The maximum atomic E-state index is 13.0. The minimum absolute atomic E-state index is 0.271. The average molecular weight is 363 g/mol. The van der Waals surface area contributed by atoms with E-state index in [0.717, 1.165) is 21.4 Å². The van der Waals surface area contributed by atoms with Crippen molar-refractivity contribution in [2.75, 3.05) is 5.32 Å². The molecule has 5 nitrogen and oxygen atoms in total. The smallest absolute Gasteiger partial charge is 0.231 e. The third-order valence-electron chi connectivity index (χ3n) is 3.95. The molecular formula is C16H12ClFN4OS. The molecule has 1 aromatic carbocycles. The number of hydrogen-bond acceptors (Lipinski definition) is 5. The summed E-state index contributed by atoms with van der Waals surface area (Å²) in [5.41, 5.74) is 2.55. The van der Waals surface area contributed by atoms with Crippen LogP contribution in [0.2, 0.25) is 5.02 Å². The molecule has 1 aliphatic carbocycles. The zero-order valence-corrected chi connectivity index (χ0v) is 14.2. The molecule has 0 bridgehead atoms. The lowest BCUT2D eigenvalue weighted by Crippen LogP contribution is -2.16. The molecule has 122 valence electrons. The molecule has 1 amide bonds. The molecule has 1 saturated carbocycles. The van der Waals surface area contributed by atoms with Crippen LogP contribution in [-0.2, 0) is 4.79 Å². The second-order valence-corrected chi connectivity index (χ2v) is 7.02. The Labute approximate surface area is 146 Å². The van der Waals surface area contributed by atoms with E-state index in [9.17, 15) is 9.18 Å². The highest BCUT2D eigenvalue weighted by Crippen LogP contribution is 2.36. The number of benzene rings is 1. The monoisotopic (exact) mass is 362 g/mol. The number of aromatic nitrogens is 3. The third-order valence-corrected chi connectivity index (χ3v) is 5.19. The highest BCUT2D eigenvalue weighted by atomic mass is 35.5. The Hall–Kier alpha value is -2.12. The number of aryl methyl sites for hydroxylation is 1. The number of hydrogen-bond donors (Lipinski definition) is 1. The van der Waals surface area contributed by atoms with Gasteiger partial charge in [0, 0.05) is 11.6 Å². The van der Waals surface area contributed by atoms with Gasteiger partial charge in [0.2, 0.25) is 5.91 Å². The molecule has 2 heterocycles. The van der Waals surface area contributed by atoms with E-state index in [1.54, 1.807) is 12.3 Å². The molecule has 4 rings (SSSR count). The Kier molecular flexibility index (Phi) is 3.69. The van der Waals surface area contributed by atoms with Crippen molar-refractivity contribution in [2.24, 2.45) is 5.92 Å². The normalized spacial score (nSPS) is 19.5. The van der Waals surface area contributed by atoms with Crippen LogP contribution in [0.5, 0.6) is 0 Å². The summed E-state index contributed by atoms with van der Waals surface area (Å²) in [5.74, 6) is -0.644. The van der Waals surface area contributed by atoms with Crippen molar-refractivity contribution >= 4 is 45.8 Å². The Balaban J connectivity index is 1.72. The molecule has 0 spiro atoms. The topological polar surface area (TPSA) is 67.8 Å². The fourth-order valence-electron chi connectivity index (χ4n) is 2.53. The van der Waals surface area contributed by atoms with E-state index < -0.39 is 12.1 Å². The van der Waals surface area contributed by atoms with E-state index in [1.807, 2.05) is 19.1 Å². The molecule has 2 unspecified atom stereocenters. The minimum Gasteiger partial charge on any atom is -0.309 e. The number of carbonyl (C=O) groups is 1. The lowest BCUT2D eigenvalue weighted by Gasteiger charge is -2.07. The largest absolute Gasteiger partial charge is 0.309 e. The predicted octanol–water partition coefficient (Wildman–Crippen LogP) is 4.01. The highest BCUT2D eigenvalue weighted by Gasteiger charge is 2.43. The Morgan fingerprint density at radius 1 is 1.38 bits per heavy atom. The van der Waals surface area contributed by atoms with E-state index in [4.69, 9.17) is 11.6 Å². The molecule has 8 heteroatoms. The van der Waals surface area contributed by atoms with Gasteiger partial charge in [0.15, 0.2) is 5.82 Å². The lowest BCUT2D eigenvalue weighted by atomic mass is 10.1. The van der Waals surface area contributed by atoms with Crippen molar-refractivity contribution in [1.29, 1.82) is 0 Å². The number of fused-ring (bicyclic) bond motifs is 1. The van der Waals surface area contributed by atoms with E-state index in [0.29, 0.717) is 16.4 Å². The molecule has 2 aromatic heterocycles. The number of anilines is 1. The van der Waals surface area contributed by atoms with E-state index in [2.05, 4.69) is 19.9 Å². The molecule has 1 fully saturated rings. The summed E-state index contributed by atoms with van der Waals surface area (Å²) in [4.78, 5) is 12.9. The van der Waals surface area contributed by atoms with Gasteiger partial charge in [-0.15, -0.1) is 10.2 Å². The summed E-state index contributed by atoms with van der Waals surface area (Å²) < 4.78 is 17.1. The quantitative estimate of drug-likeness (QED) is 0.764. The molecule has 0 radical (unpaired) electrons. The number of nitrogens with zero attached hydrogens (tertiary/aromatic N) is 3. The minimum atomic E-state index is -1.05. The Bertz CT molecular complexity index is 960. The first kappa shape index (κ1) is 15.4. The van der Waals surface area contributed by atoms with Crippen LogP contribution in [0, 0.1) is 12.8 Å². The van der Waals surface area contributed by atoms with Crippen molar-refractivity contribution in [2.45, 2.75) is 19.5 Å². The van der Waals surface area contributed by atoms with Gasteiger partial charge in [0.05, 0.1) is 15.8 Å². The van der Waals surface area contributed by atoms with Crippen molar-refractivity contribution in [1.82, 2.24) is 14.6 Å². The summed E-state index contributed by atoms with van der Waals surface area (Å²) in [5, 5.41) is 11.9. The Morgan fingerprint density at radius 3 is 2.83 bits per heavy atom. The SMILES string of the molecule is Cc1cnsc1-c1cc(Cl)c2nnc(NC(=O)C3CC3F)cc2c1. The van der Waals surface area contributed by atoms with Crippen molar-refractivity contribution in [3.8, 4) is 10.4 Å². The number of rotatable bonds is 3. The van der Waals surface area contributed by atoms with Crippen LogP contribution in [0.15, 0.2) is 24.4 Å². The zero-order valence-electron chi connectivity index (χ0n) is 12.6. The predicted molar refractivity (Wildman–Crippen MR) is 92.0 cm³/mol. The highest BCUT2D eigenvalue weighted by molar-refractivity contribution is 7.09. The van der Waals surface area contributed by atoms with Crippen molar-refractivity contribution in [3.63, 3.8) is 0 Å².